The molecule has 0 aromatic carbocycles. The zero-order chi connectivity index (χ0) is 8.55. The van der Waals surface area contributed by atoms with Gasteiger partial charge in [-0.3, -0.25) is 4.68 Å². The van der Waals surface area contributed by atoms with Gasteiger partial charge in [-0.2, -0.15) is 5.10 Å². The van der Waals surface area contributed by atoms with E-state index in [0.717, 1.165) is 5.82 Å². The molecule has 4 nitrogen and oxygen atoms in total. The van der Waals surface area contributed by atoms with Crippen molar-refractivity contribution < 1.29 is 5.11 Å². The predicted octanol–water partition coefficient (Wildman–Crippen LogP) is 0.536. The highest BCUT2D eigenvalue weighted by Gasteiger charge is 2.27. The quantitative estimate of drug-likeness (QED) is 0.714. The summed E-state index contributed by atoms with van der Waals surface area (Å²) in [5.74, 6) is 1.54. The molecule has 0 saturated heterocycles. The second-order valence-corrected chi connectivity index (χ2v) is 3.45. The Morgan fingerprint density at radius 1 is 1.75 bits per heavy atom. The summed E-state index contributed by atoms with van der Waals surface area (Å²) in [4.78, 5) is 4.17. The van der Waals surface area contributed by atoms with Crippen molar-refractivity contribution >= 4 is 0 Å². The Labute approximate surface area is 71.2 Å². The van der Waals surface area contributed by atoms with Crippen LogP contribution in [0.15, 0.2) is 6.33 Å². The molecule has 1 aromatic heterocycles. The summed E-state index contributed by atoms with van der Waals surface area (Å²) in [6.45, 7) is 2.29. The van der Waals surface area contributed by atoms with Gasteiger partial charge in [0, 0.05) is 5.92 Å². The van der Waals surface area contributed by atoms with E-state index in [4.69, 9.17) is 5.11 Å². The maximum Gasteiger partial charge on any atom is 0.153 e. The van der Waals surface area contributed by atoms with Gasteiger partial charge in [0.05, 0.1) is 12.6 Å². The van der Waals surface area contributed by atoms with Gasteiger partial charge in [0.15, 0.2) is 5.82 Å². The van der Waals surface area contributed by atoms with E-state index in [0.29, 0.717) is 12.5 Å². The minimum absolute atomic E-state index is 0.348. The molecule has 0 unspecified atom stereocenters. The van der Waals surface area contributed by atoms with Crippen molar-refractivity contribution in [3.8, 4) is 0 Å². The standard InChI is InChI=1S/C8H13N3O/c1-6(12)4-11-5-9-8(10-11)7-2-3-7/h5-7,12H,2-4H2,1H3/t6-/m0/s1. The molecule has 1 aromatic rings. The molecule has 0 bridgehead atoms. The van der Waals surface area contributed by atoms with Gasteiger partial charge >= 0.3 is 0 Å². The molecule has 1 fully saturated rings. The van der Waals surface area contributed by atoms with Gasteiger partial charge in [-0.1, -0.05) is 0 Å². The van der Waals surface area contributed by atoms with Crippen LogP contribution in [0.2, 0.25) is 0 Å². The fourth-order valence-corrected chi connectivity index (χ4v) is 1.20. The Morgan fingerprint density at radius 2 is 2.50 bits per heavy atom. The van der Waals surface area contributed by atoms with Gasteiger partial charge in [0.25, 0.3) is 0 Å². The van der Waals surface area contributed by atoms with Crippen LogP contribution in [0.1, 0.15) is 31.5 Å². The smallest absolute Gasteiger partial charge is 0.153 e. The summed E-state index contributed by atoms with van der Waals surface area (Å²) in [5, 5.41) is 13.3. The SMILES string of the molecule is C[C@H](O)Cn1cnc(C2CC2)n1. The van der Waals surface area contributed by atoms with E-state index in [1.54, 1.807) is 17.9 Å². The molecule has 0 amide bonds. The predicted molar refractivity (Wildman–Crippen MR) is 43.7 cm³/mol. The Balaban J connectivity index is 2.03. The Kier molecular flexibility index (Phi) is 1.84. The van der Waals surface area contributed by atoms with Crippen LogP contribution in [0.3, 0.4) is 0 Å². The summed E-state index contributed by atoms with van der Waals surface area (Å²) in [7, 11) is 0. The van der Waals surface area contributed by atoms with Crippen LogP contribution in [0.25, 0.3) is 0 Å². The number of aromatic nitrogens is 3. The molecule has 4 heteroatoms. The van der Waals surface area contributed by atoms with Crippen LogP contribution in [0.5, 0.6) is 0 Å². The monoisotopic (exact) mass is 167 g/mol. The zero-order valence-electron chi connectivity index (χ0n) is 7.14. The summed E-state index contributed by atoms with van der Waals surface area (Å²) in [6.07, 6.45) is 3.79. The Morgan fingerprint density at radius 3 is 3.08 bits per heavy atom. The van der Waals surface area contributed by atoms with Gasteiger partial charge in [-0.05, 0) is 19.8 Å². The number of nitrogens with zero attached hydrogens (tertiary/aromatic N) is 3. The van der Waals surface area contributed by atoms with E-state index < -0.39 is 0 Å². The number of aliphatic hydroxyl groups excluding tert-OH is 1. The molecule has 1 atom stereocenters. The molecule has 1 aliphatic rings. The lowest BCUT2D eigenvalue weighted by molar-refractivity contribution is 0.168. The first-order valence-electron chi connectivity index (χ1n) is 4.33. The number of rotatable bonds is 3. The lowest BCUT2D eigenvalue weighted by atomic mass is 10.4. The largest absolute Gasteiger partial charge is 0.391 e. The molecule has 0 spiro atoms. The number of aliphatic hydroxyl groups is 1. The highest BCUT2D eigenvalue weighted by atomic mass is 16.3. The highest BCUT2D eigenvalue weighted by Crippen LogP contribution is 2.37. The topological polar surface area (TPSA) is 50.9 Å². The summed E-state index contributed by atoms with van der Waals surface area (Å²) >= 11 is 0. The second kappa shape index (κ2) is 2.86. The van der Waals surface area contributed by atoms with Crippen LogP contribution in [-0.4, -0.2) is 26.0 Å². The summed E-state index contributed by atoms with van der Waals surface area (Å²) < 4.78 is 1.71. The first-order chi connectivity index (χ1) is 5.75. The van der Waals surface area contributed by atoms with Gasteiger partial charge in [-0.25, -0.2) is 4.98 Å². The lowest BCUT2D eigenvalue weighted by Gasteiger charge is -2.01. The van der Waals surface area contributed by atoms with E-state index in [9.17, 15) is 0 Å². The van der Waals surface area contributed by atoms with Crippen molar-refractivity contribution in [1.82, 2.24) is 14.8 Å². The van der Waals surface area contributed by atoms with Gasteiger partial charge < -0.3 is 5.11 Å². The van der Waals surface area contributed by atoms with Crippen molar-refractivity contribution in [3.05, 3.63) is 12.2 Å². The maximum absolute atomic E-state index is 9.08. The van der Waals surface area contributed by atoms with Crippen molar-refractivity contribution in [2.24, 2.45) is 0 Å². The van der Waals surface area contributed by atoms with Gasteiger partial charge in [0.1, 0.15) is 6.33 Å². The third-order valence-electron chi connectivity index (χ3n) is 1.95. The third-order valence-corrected chi connectivity index (χ3v) is 1.95. The minimum atomic E-state index is -0.348. The molecule has 0 radical (unpaired) electrons. The van der Waals surface area contributed by atoms with Crippen LogP contribution < -0.4 is 0 Å². The summed E-state index contributed by atoms with van der Waals surface area (Å²) in [5.41, 5.74) is 0. The number of hydrogen-bond acceptors (Lipinski definition) is 3. The average molecular weight is 167 g/mol. The van der Waals surface area contributed by atoms with Gasteiger partial charge in [-0.15, -0.1) is 0 Å². The molecule has 66 valence electrons. The van der Waals surface area contributed by atoms with Crippen molar-refractivity contribution in [1.29, 1.82) is 0 Å². The second-order valence-electron chi connectivity index (χ2n) is 3.45. The first kappa shape index (κ1) is 7.73. The lowest BCUT2D eigenvalue weighted by Crippen LogP contribution is -2.12. The molecule has 12 heavy (non-hydrogen) atoms. The van der Waals surface area contributed by atoms with Crippen LogP contribution >= 0.6 is 0 Å². The third kappa shape index (κ3) is 1.64. The Bertz CT molecular complexity index is 265. The molecule has 1 N–H and O–H groups in total. The van der Waals surface area contributed by atoms with E-state index >= 15 is 0 Å². The molecule has 1 heterocycles. The fraction of sp³-hybridized carbons (Fsp3) is 0.750. The van der Waals surface area contributed by atoms with Crippen LogP contribution in [-0.2, 0) is 6.54 Å². The van der Waals surface area contributed by atoms with Crippen molar-refractivity contribution in [2.45, 2.75) is 38.3 Å². The first-order valence-corrected chi connectivity index (χ1v) is 4.33. The Hall–Kier alpha value is -0.900. The molecule has 1 aliphatic carbocycles. The normalized spacial score (nSPS) is 19.5. The van der Waals surface area contributed by atoms with Crippen LogP contribution in [0.4, 0.5) is 0 Å². The molecule has 0 aliphatic heterocycles. The van der Waals surface area contributed by atoms with E-state index in [-0.39, 0.29) is 6.10 Å². The van der Waals surface area contributed by atoms with E-state index in [2.05, 4.69) is 10.1 Å². The van der Waals surface area contributed by atoms with Crippen molar-refractivity contribution in [3.63, 3.8) is 0 Å². The molecular formula is C8H13N3O. The number of hydrogen-bond donors (Lipinski definition) is 1. The minimum Gasteiger partial charge on any atom is -0.391 e. The molecule has 2 rings (SSSR count). The molecular weight excluding hydrogens is 154 g/mol. The maximum atomic E-state index is 9.08. The van der Waals surface area contributed by atoms with E-state index in [1.165, 1.54) is 12.8 Å². The zero-order valence-corrected chi connectivity index (χ0v) is 7.14. The highest BCUT2D eigenvalue weighted by molar-refractivity contribution is 5.02. The molecule has 1 saturated carbocycles. The van der Waals surface area contributed by atoms with Crippen LogP contribution in [0, 0.1) is 0 Å². The van der Waals surface area contributed by atoms with Gasteiger partial charge in [0.2, 0.25) is 0 Å². The fourth-order valence-electron chi connectivity index (χ4n) is 1.20. The summed E-state index contributed by atoms with van der Waals surface area (Å²) in [6, 6.07) is 0. The average Bonchev–Trinajstić information content (AvgIpc) is 2.73. The van der Waals surface area contributed by atoms with E-state index in [1.807, 2.05) is 0 Å². The van der Waals surface area contributed by atoms with Crippen molar-refractivity contribution in [2.75, 3.05) is 0 Å².